The summed E-state index contributed by atoms with van der Waals surface area (Å²) in [6.07, 6.45) is 4.27. The van der Waals surface area contributed by atoms with E-state index in [1.54, 1.807) is 0 Å². The molecule has 3 heteroatoms. The zero-order valence-electron chi connectivity index (χ0n) is 25.0. The topological polar surface area (TPSA) is 18.5 Å². The molecule has 0 atom stereocenters. The number of hydrogen-bond acceptors (Lipinski definition) is 2. The van der Waals surface area contributed by atoms with Crippen LogP contribution in [0.25, 0.3) is 39.1 Å². The molecule has 0 N–H and O–H groups in total. The molecule has 2 nitrogen and oxygen atoms in total. The van der Waals surface area contributed by atoms with Gasteiger partial charge in [-0.1, -0.05) is 111 Å². The van der Waals surface area contributed by atoms with Crippen LogP contribution < -0.4 is 25.9 Å². The smallest absolute Gasteiger partial charge is 0.260 e. The number of ether oxygens (including phenoxy) is 2. The number of hydrogen-bond donors (Lipinski definition) is 0. The van der Waals surface area contributed by atoms with Crippen molar-refractivity contribution in [2.75, 3.05) is 0 Å². The molecule has 0 unspecified atom stereocenters. The van der Waals surface area contributed by atoms with E-state index < -0.39 is 0 Å². The molecule has 8 rings (SSSR count). The van der Waals surface area contributed by atoms with E-state index >= 15 is 0 Å². The first-order chi connectivity index (χ1) is 21.2. The molecule has 0 spiro atoms. The average molecular weight is 557 g/mol. The number of benzene rings is 6. The number of allylic oxidation sites excluding steroid dienone is 1. The van der Waals surface area contributed by atoms with Gasteiger partial charge in [-0.15, -0.1) is 0 Å². The summed E-state index contributed by atoms with van der Waals surface area (Å²) < 4.78 is 13.6. The van der Waals surface area contributed by atoms with E-state index in [2.05, 4.69) is 141 Å². The first kappa shape index (κ1) is 26.9. The highest BCUT2D eigenvalue weighted by Crippen LogP contribution is 2.46. The van der Waals surface area contributed by atoms with E-state index in [4.69, 9.17) is 9.47 Å². The number of fused-ring (bicyclic) bond motifs is 5. The minimum absolute atomic E-state index is 0.00881. The van der Waals surface area contributed by atoms with Crippen molar-refractivity contribution in [3.8, 4) is 45.3 Å². The van der Waals surface area contributed by atoms with Gasteiger partial charge < -0.3 is 9.47 Å². The van der Waals surface area contributed by atoms with Crippen molar-refractivity contribution in [2.45, 2.75) is 27.7 Å². The van der Waals surface area contributed by atoms with Gasteiger partial charge in [0.05, 0.1) is 0 Å². The van der Waals surface area contributed by atoms with Crippen LogP contribution in [0, 0.1) is 6.92 Å². The Bertz CT molecular complexity index is 2030. The molecular formula is C40H33BO2. The maximum absolute atomic E-state index is 6.82. The van der Waals surface area contributed by atoms with Gasteiger partial charge in [-0.25, -0.2) is 0 Å². The molecule has 6 aromatic carbocycles. The molecule has 43 heavy (non-hydrogen) atoms. The Morgan fingerprint density at radius 3 is 1.79 bits per heavy atom. The molecule has 0 saturated carbocycles. The largest absolute Gasteiger partial charge is 0.458 e. The molecule has 2 aliphatic heterocycles. The first-order valence-electron chi connectivity index (χ1n) is 15.2. The zero-order chi connectivity index (χ0) is 29.5. The summed E-state index contributed by atoms with van der Waals surface area (Å²) in [6.45, 7) is 8.23. The second-order valence-corrected chi connectivity index (χ2v) is 10.9. The van der Waals surface area contributed by atoms with Crippen LogP contribution in [-0.2, 0) is 0 Å². The molecule has 0 aliphatic carbocycles. The van der Waals surface area contributed by atoms with Crippen LogP contribution in [0.2, 0.25) is 0 Å². The number of para-hydroxylation sites is 2. The minimum Gasteiger partial charge on any atom is -0.458 e. The molecule has 0 amide bonds. The fourth-order valence-electron chi connectivity index (χ4n) is 6.43. The molecule has 2 aliphatic rings. The van der Waals surface area contributed by atoms with Crippen LogP contribution in [0.3, 0.4) is 0 Å². The molecule has 0 bridgehead atoms. The second kappa shape index (κ2) is 11.0. The number of aryl methyl sites for hydroxylation is 1. The van der Waals surface area contributed by atoms with Crippen molar-refractivity contribution in [3.05, 3.63) is 132 Å². The predicted octanol–water partition coefficient (Wildman–Crippen LogP) is 9.27. The molecule has 0 radical (unpaired) electrons. The SMILES string of the molecule is C/C=C\c1cc(-c2cc(-c3ccc4ccccc4c3)c3c4c2Oc2ccccc2B4c2ccccc2O3)ccc1C.CC. The Labute approximate surface area is 254 Å². The third kappa shape index (κ3) is 4.44. The van der Waals surface area contributed by atoms with Gasteiger partial charge in [0.25, 0.3) is 6.71 Å². The van der Waals surface area contributed by atoms with Crippen molar-refractivity contribution in [1.29, 1.82) is 0 Å². The summed E-state index contributed by atoms with van der Waals surface area (Å²) in [5.41, 5.74) is 10.3. The van der Waals surface area contributed by atoms with Crippen molar-refractivity contribution in [3.63, 3.8) is 0 Å². The highest BCUT2D eigenvalue weighted by atomic mass is 16.5. The van der Waals surface area contributed by atoms with E-state index in [0.717, 1.165) is 61.6 Å². The van der Waals surface area contributed by atoms with Gasteiger partial charge in [-0.2, -0.15) is 0 Å². The Kier molecular flexibility index (Phi) is 6.87. The maximum Gasteiger partial charge on any atom is 0.260 e. The highest BCUT2D eigenvalue weighted by molar-refractivity contribution is 6.98. The fourth-order valence-corrected chi connectivity index (χ4v) is 6.43. The van der Waals surface area contributed by atoms with Crippen molar-refractivity contribution < 1.29 is 9.47 Å². The molecule has 6 aromatic rings. The normalized spacial score (nSPS) is 12.4. The Morgan fingerprint density at radius 2 is 1.14 bits per heavy atom. The van der Waals surface area contributed by atoms with E-state index in [9.17, 15) is 0 Å². The van der Waals surface area contributed by atoms with Gasteiger partial charge >= 0.3 is 0 Å². The minimum atomic E-state index is 0.00881. The van der Waals surface area contributed by atoms with Gasteiger partial charge in [-0.05, 0) is 88.1 Å². The summed E-state index contributed by atoms with van der Waals surface area (Å²) in [5, 5.41) is 2.43. The molecule has 0 saturated heterocycles. The summed E-state index contributed by atoms with van der Waals surface area (Å²) in [6, 6.07) is 41.0. The van der Waals surface area contributed by atoms with Gasteiger partial charge in [0.1, 0.15) is 23.0 Å². The quantitative estimate of drug-likeness (QED) is 0.202. The Morgan fingerprint density at radius 1 is 0.581 bits per heavy atom. The van der Waals surface area contributed by atoms with Crippen LogP contribution in [0.1, 0.15) is 31.9 Å². The van der Waals surface area contributed by atoms with Gasteiger partial charge in [0, 0.05) is 16.6 Å². The first-order valence-corrected chi connectivity index (χ1v) is 15.2. The van der Waals surface area contributed by atoms with Crippen LogP contribution in [0.4, 0.5) is 0 Å². The van der Waals surface area contributed by atoms with E-state index in [-0.39, 0.29) is 6.71 Å². The van der Waals surface area contributed by atoms with Crippen molar-refractivity contribution in [1.82, 2.24) is 0 Å². The second-order valence-electron chi connectivity index (χ2n) is 10.9. The van der Waals surface area contributed by atoms with E-state index in [0.29, 0.717) is 0 Å². The van der Waals surface area contributed by atoms with Crippen LogP contribution >= 0.6 is 0 Å². The monoisotopic (exact) mass is 556 g/mol. The number of rotatable bonds is 3. The summed E-state index contributed by atoms with van der Waals surface area (Å²) in [5.74, 6) is 3.54. The lowest BCUT2D eigenvalue weighted by Crippen LogP contribution is -2.57. The third-order valence-corrected chi connectivity index (χ3v) is 8.44. The maximum atomic E-state index is 6.82. The van der Waals surface area contributed by atoms with Gasteiger partial charge in [-0.3, -0.25) is 0 Å². The van der Waals surface area contributed by atoms with E-state index in [1.165, 1.54) is 21.9 Å². The summed E-state index contributed by atoms with van der Waals surface area (Å²) in [4.78, 5) is 0. The molecule has 0 fully saturated rings. The van der Waals surface area contributed by atoms with E-state index in [1.807, 2.05) is 13.8 Å². The van der Waals surface area contributed by atoms with Crippen LogP contribution in [0.5, 0.6) is 23.0 Å². The fraction of sp³-hybridized carbons (Fsp3) is 0.100. The zero-order valence-corrected chi connectivity index (χ0v) is 25.0. The standard InChI is InChI=1S/C38H27BO2.C2H6/c1-3-10-26-21-28(18-17-24(26)2)30-23-31(29-20-19-25-11-4-5-12-27(25)22-29)38-36-37(30)40-34-15-8-6-13-32(34)39(36)33-14-7-9-16-35(33)41-38;1-2/h3-23H,1-2H3;1-2H3/b10-3-;. The molecular weight excluding hydrogens is 523 g/mol. The Balaban J connectivity index is 0.00000147. The molecule has 208 valence electrons. The van der Waals surface area contributed by atoms with Gasteiger partial charge in [0.15, 0.2) is 0 Å². The third-order valence-electron chi connectivity index (χ3n) is 8.44. The lowest BCUT2D eigenvalue weighted by molar-refractivity contribution is 0.467. The molecule has 2 heterocycles. The lowest BCUT2D eigenvalue weighted by atomic mass is 9.34. The van der Waals surface area contributed by atoms with Crippen LogP contribution in [-0.4, -0.2) is 6.71 Å². The highest BCUT2D eigenvalue weighted by Gasteiger charge is 2.42. The van der Waals surface area contributed by atoms with Crippen molar-refractivity contribution >= 4 is 39.9 Å². The van der Waals surface area contributed by atoms with Gasteiger partial charge in [0.2, 0.25) is 0 Å². The van der Waals surface area contributed by atoms with Crippen molar-refractivity contribution in [2.24, 2.45) is 0 Å². The summed E-state index contributed by atoms with van der Waals surface area (Å²) >= 11 is 0. The molecule has 0 aromatic heterocycles. The van der Waals surface area contributed by atoms with Crippen LogP contribution in [0.15, 0.2) is 121 Å². The summed E-state index contributed by atoms with van der Waals surface area (Å²) in [7, 11) is 0. The lowest BCUT2D eigenvalue weighted by Gasteiger charge is -2.35. The average Bonchev–Trinajstić information content (AvgIpc) is 3.06. The predicted molar refractivity (Wildman–Crippen MR) is 183 cm³/mol. The Hall–Kier alpha value is -5.02.